The summed E-state index contributed by atoms with van der Waals surface area (Å²) in [6, 6.07) is 15.3. The molecule has 0 radical (unpaired) electrons. The molecule has 21 heavy (non-hydrogen) atoms. The zero-order valence-electron chi connectivity index (χ0n) is 11.3. The highest BCUT2D eigenvalue weighted by Gasteiger charge is 2.10. The summed E-state index contributed by atoms with van der Waals surface area (Å²) in [5.74, 6) is 1.05. The maximum atomic E-state index is 5.87. The lowest BCUT2D eigenvalue weighted by Crippen LogP contribution is -2.02. The fourth-order valence-corrected chi connectivity index (χ4v) is 2.16. The standard InChI is InChI=1S/C16H14ClN3O/c17-14-7-5-12(6-8-14)15-19-16(21-20-15)13-3-1-11(2-4-13)9-10-18/h1-8H,9-10,18H2. The Balaban J connectivity index is 1.85. The van der Waals surface area contributed by atoms with Crippen molar-refractivity contribution in [1.82, 2.24) is 10.1 Å². The molecule has 5 heteroatoms. The second kappa shape index (κ2) is 6.08. The Kier molecular flexibility index (Phi) is 3.99. The number of halogens is 1. The van der Waals surface area contributed by atoms with Crippen LogP contribution in [-0.4, -0.2) is 16.7 Å². The van der Waals surface area contributed by atoms with Crippen LogP contribution in [0.4, 0.5) is 0 Å². The molecule has 0 amide bonds. The molecule has 0 saturated carbocycles. The Morgan fingerprint density at radius 2 is 1.62 bits per heavy atom. The highest BCUT2D eigenvalue weighted by Crippen LogP contribution is 2.23. The van der Waals surface area contributed by atoms with Gasteiger partial charge >= 0.3 is 0 Å². The lowest BCUT2D eigenvalue weighted by Gasteiger charge is -1.99. The average Bonchev–Trinajstić information content (AvgIpc) is 2.99. The lowest BCUT2D eigenvalue weighted by molar-refractivity contribution is 0.432. The van der Waals surface area contributed by atoms with Crippen LogP contribution in [0.2, 0.25) is 5.02 Å². The minimum atomic E-state index is 0.499. The van der Waals surface area contributed by atoms with Gasteiger partial charge in [0.2, 0.25) is 5.82 Å². The van der Waals surface area contributed by atoms with E-state index in [2.05, 4.69) is 10.1 Å². The number of hydrogen-bond acceptors (Lipinski definition) is 4. The maximum Gasteiger partial charge on any atom is 0.258 e. The molecule has 1 aromatic heterocycles. The molecule has 4 nitrogen and oxygen atoms in total. The van der Waals surface area contributed by atoms with Gasteiger partial charge in [0.1, 0.15) is 0 Å². The van der Waals surface area contributed by atoms with Crippen LogP contribution in [0.5, 0.6) is 0 Å². The predicted octanol–water partition coefficient (Wildman–Crippen LogP) is 3.56. The van der Waals surface area contributed by atoms with Crippen LogP contribution in [0.1, 0.15) is 5.56 Å². The van der Waals surface area contributed by atoms with Crippen LogP contribution in [0.3, 0.4) is 0 Å². The first-order valence-electron chi connectivity index (χ1n) is 6.65. The van der Waals surface area contributed by atoms with Gasteiger partial charge in [-0.2, -0.15) is 4.98 Å². The number of nitrogens with two attached hydrogens (primary N) is 1. The van der Waals surface area contributed by atoms with Gasteiger partial charge in [-0.15, -0.1) is 0 Å². The van der Waals surface area contributed by atoms with E-state index in [-0.39, 0.29) is 0 Å². The monoisotopic (exact) mass is 299 g/mol. The van der Waals surface area contributed by atoms with Gasteiger partial charge in [0, 0.05) is 16.1 Å². The molecule has 0 unspecified atom stereocenters. The maximum absolute atomic E-state index is 5.87. The second-order valence-corrected chi connectivity index (χ2v) is 5.10. The van der Waals surface area contributed by atoms with Crippen molar-refractivity contribution in [3.63, 3.8) is 0 Å². The summed E-state index contributed by atoms with van der Waals surface area (Å²) < 4.78 is 5.32. The van der Waals surface area contributed by atoms with Gasteiger partial charge in [-0.1, -0.05) is 28.9 Å². The van der Waals surface area contributed by atoms with Crippen LogP contribution in [0, 0.1) is 0 Å². The fraction of sp³-hybridized carbons (Fsp3) is 0.125. The van der Waals surface area contributed by atoms with Crippen LogP contribution in [0.15, 0.2) is 53.1 Å². The Hall–Kier alpha value is -2.17. The summed E-state index contributed by atoms with van der Waals surface area (Å²) in [6.07, 6.45) is 0.861. The van der Waals surface area contributed by atoms with Gasteiger partial charge in [-0.05, 0) is 54.9 Å². The largest absolute Gasteiger partial charge is 0.334 e. The number of rotatable bonds is 4. The SMILES string of the molecule is NCCc1ccc(-c2nc(-c3ccc(Cl)cc3)no2)cc1. The first kappa shape index (κ1) is 13.8. The van der Waals surface area contributed by atoms with Crippen molar-refractivity contribution >= 4 is 11.6 Å². The van der Waals surface area contributed by atoms with Gasteiger partial charge in [0.05, 0.1) is 0 Å². The molecule has 0 aliphatic heterocycles. The Labute approximate surface area is 127 Å². The first-order valence-corrected chi connectivity index (χ1v) is 7.03. The van der Waals surface area contributed by atoms with E-state index >= 15 is 0 Å². The van der Waals surface area contributed by atoms with E-state index in [1.165, 1.54) is 5.56 Å². The molecular formula is C16H14ClN3O. The Morgan fingerprint density at radius 3 is 2.29 bits per heavy atom. The van der Waals surface area contributed by atoms with Crippen LogP contribution in [-0.2, 0) is 6.42 Å². The molecule has 2 N–H and O–H groups in total. The van der Waals surface area contributed by atoms with Crippen molar-refractivity contribution in [1.29, 1.82) is 0 Å². The van der Waals surface area contributed by atoms with E-state index < -0.39 is 0 Å². The Bertz CT molecular complexity index is 720. The topological polar surface area (TPSA) is 64.9 Å². The average molecular weight is 300 g/mol. The predicted molar refractivity (Wildman–Crippen MR) is 82.9 cm³/mol. The molecule has 0 aliphatic carbocycles. The van der Waals surface area contributed by atoms with Crippen molar-refractivity contribution in [3.05, 3.63) is 59.1 Å². The lowest BCUT2D eigenvalue weighted by atomic mass is 10.1. The molecule has 0 fully saturated rings. The van der Waals surface area contributed by atoms with E-state index in [1.54, 1.807) is 12.1 Å². The number of benzene rings is 2. The second-order valence-electron chi connectivity index (χ2n) is 4.67. The molecule has 0 spiro atoms. The van der Waals surface area contributed by atoms with Crippen molar-refractivity contribution in [2.24, 2.45) is 5.73 Å². The Morgan fingerprint density at radius 1 is 0.952 bits per heavy atom. The van der Waals surface area contributed by atoms with Gasteiger partial charge < -0.3 is 10.3 Å². The number of aromatic nitrogens is 2. The summed E-state index contributed by atoms with van der Waals surface area (Å²) >= 11 is 5.87. The fourth-order valence-electron chi connectivity index (χ4n) is 2.04. The third-order valence-corrected chi connectivity index (χ3v) is 3.41. The van der Waals surface area contributed by atoms with Crippen LogP contribution in [0.25, 0.3) is 22.8 Å². The van der Waals surface area contributed by atoms with E-state index in [4.69, 9.17) is 21.9 Å². The van der Waals surface area contributed by atoms with Crippen LogP contribution < -0.4 is 5.73 Å². The van der Waals surface area contributed by atoms with Crippen molar-refractivity contribution in [2.75, 3.05) is 6.54 Å². The molecule has 3 rings (SSSR count). The van der Waals surface area contributed by atoms with Gasteiger partial charge in [-0.3, -0.25) is 0 Å². The molecular weight excluding hydrogens is 286 g/mol. The smallest absolute Gasteiger partial charge is 0.258 e. The normalized spacial score (nSPS) is 10.8. The van der Waals surface area contributed by atoms with E-state index in [9.17, 15) is 0 Å². The third-order valence-electron chi connectivity index (χ3n) is 3.16. The first-order chi connectivity index (χ1) is 10.3. The highest BCUT2D eigenvalue weighted by atomic mass is 35.5. The van der Waals surface area contributed by atoms with Gasteiger partial charge in [-0.25, -0.2) is 0 Å². The summed E-state index contributed by atoms with van der Waals surface area (Å²) in [5.41, 5.74) is 8.49. The number of hydrogen-bond donors (Lipinski definition) is 1. The third kappa shape index (κ3) is 3.12. The molecule has 3 aromatic rings. The van der Waals surface area contributed by atoms with Crippen molar-refractivity contribution in [3.8, 4) is 22.8 Å². The van der Waals surface area contributed by atoms with Crippen molar-refractivity contribution in [2.45, 2.75) is 6.42 Å². The molecule has 0 saturated heterocycles. The minimum Gasteiger partial charge on any atom is -0.334 e. The summed E-state index contributed by atoms with van der Waals surface area (Å²) in [5, 5.41) is 4.68. The van der Waals surface area contributed by atoms with E-state index in [1.807, 2.05) is 36.4 Å². The molecule has 0 bridgehead atoms. The molecule has 1 heterocycles. The highest BCUT2D eigenvalue weighted by molar-refractivity contribution is 6.30. The minimum absolute atomic E-state index is 0.499. The molecule has 2 aromatic carbocycles. The van der Waals surface area contributed by atoms with E-state index in [0.29, 0.717) is 23.3 Å². The summed E-state index contributed by atoms with van der Waals surface area (Å²) in [4.78, 5) is 4.41. The zero-order valence-corrected chi connectivity index (χ0v) is 12.0. The number of nitrogens with zero attached hydrogens (tertiary/aromatic N) is 2. The van der Waals surface area contributed by atoms with Gasteiger partial charge in [0.15, 0.2) is 0 Å². The molecule has 106 valence electrons. The van der Waals surface area contributed by atoms with E-state index in [0.717, 1.165) is 17.5 Å². The van der Waals surface area contributed by atoms with Gasteiger partial charge in [0.25, 0.3) is 5.89 Å². The quantitative estimate of drug-likeness (QED) is 0.800. The zero-order chi connectivity index (χ0) is 14.7. The van der Waals surface area contributed by atoms with Crippen LogP contribution >= 0.6 is 11.6 Å². The summed E-state index contributed by atoms with van der Waals surface area (Å²) in [6.45, 7) is 0.640. The molecule has 0 atom stereocenters. The molecule has 0 aliphatic rings. The van der Waals surface area contributed by atoms with Crippen molar-refractivity contribution < 1.29 is 4.52 Å². The summed E-state index contributed by atoms with van der Waals surface area (Å²) in [7, 11) is 0.